The minimum Gasteiger partial charge on any atom is -0.449 e. The Morgan fingerprint density at radius 1 is 1.10 bits per heavy atom. The van der Waals surface area contributed by atoms with Crippen LogP contribution in [0.25, 0.3) is 10.9 Å². The van der Waals surface area contributed by atoms with Crippen LogP contribution >= 0.6 is 0 Å². The van der Waals surface area contributed by atoms with Crippen molar-refractivity contribution < 1.29 is 14.3 Å². The van der Waals surface area contributed by atoms with Gasteiger partial charge in [-0.05, 0) is 31.0 Å². The Balaban J connectivity index is 1.77. The number of amides is 2. The number of imide groups is 1. The van der Waals surface area contributed by atoms with E-state index in [9.17, 15) is 9.59 Å². The summed E-state index contributed by atoms with van der Waals surface area (Å²) in [6.45, 7) is 7.16. The van der Waals surface area contributed by atoms with Gasteiger partial charge in [-0.1, -0.05) is 55.5 Å². The molecule has 0 spiro atoms. The molecule has 5 nitrogen and oxygen atoms in total. The molecule has 0 saturated carbocycles. The van der Waals surface area contributed by atoms with Crippen molar-refractivity contribution in [1.29, 1.82) is 0 Å². The number of hydrogen-bond donors (Lipinski definition) is 0. The highest BCUT2D eigenvalue weighted by atomic mass is 16.6. The summed E-state index contributed by atoms with van der Waals surface area (Å²) in [5, 5.41) is 1.15. The molecule has 150 valence electrons. The van der Waals surface area contributed by atoms with Gasteiger partial charge >= 0.3 is 6.09 Å². The van der Waals surface area contributed by atoms with E-state index in [1.165, 1.54) is 10.5 Å². The smallest absolute Gasteiger partial charge is 0.416 e. The number of likely N-dealkylation sites (tertiary alicyclic amines) is 1. The molecule has 0 aliphatic carbocycles. The van der Waals surface area contributed by atoms with Gasteiger partial charge in [-0.25, -0.2) is 9.69 Å². The van der Waals surface area contributed by atoms with Crippen LogP contribution < -0.4 is 0 Å². The van der Waals surface area contributed by atoms with Crippen LogP contribution in [0.1, 0.15) is 36.6 Å². The predicted molar refractivity (Wildman–Crippen MR) is 113 cm³/mol. The number of carbonyl (C=O) groups excluding carboxylic acids is 2. The highest BCUT2D eigenvalue weighted by molar-refractivity contribution is 5.97. The molecule has 4 rings (SSSR count). The van der Waals surface area contributed by atoms with Gasteiger partial charge in [0.15, 0.2) is 0 Å². The summed E-state index contributed by atoms with van der Waals surface area (Å²) in [5.74, 6) is -0.476. The van der Waals surface area contributed by atoms with Crippen molar-refractivity contribution in [2.75, 3.05) is 13.2 Å². The van der Waals surface area contributed by atoms with Crippen LogP contribution in [0.3, 0.4) is 0 Å². The largest absolute Gasteiger partial charge is 0.449 e. The molecule has 2 unspecified atom stereocenters. The minimum absolute atomic E-state index is 0.0474. The maximum atomic E-state index is 12.8. The first kappa shape index (κ1) is 19.2. The van der Waals surface area contributed by atoms with Crippen molar-refractivity contribution in [3.63, 3.8) is 0 Å². The molecule has 2 amide bonds. The first-order chi connectivity index (χ1) is 14.0. The highest BCUT2D eigenvalue weighted by Crippen LogP contribution is 2.40. The van der Waals surface area contributed by atoms with Gasteiger partial charge in [0.1, 0.15) is 0 Å². The Morgan fingerprint density at radius 2 is 1.79 bits per heavy atom. The van der Waals surface area contributed by atoms with E-state index in [0.717, 1.165) is 28.7 Å². The molecule has 0 N–H and O–H groups in total. The van der Waals surface area contributed by atoms with Crippen molar-refractivity contribution in [2.24, 2.45) is 5.92 Å². The van der Waals surface area contributed by atoms with Crippen molar-refractivity contribution in [1.82, 2.24) is 9.47 Å². The summed E-state index contributed by atoms with van der Waals surface area (Å²) in [5.41, 5.74) is 4.68. The third-order valence-corrected chi connectivity index (χ3v) is 5.96. The van der Waals surface area contributed by atoms with Crippen LogP contribution in [0.15, 0.2) is 54.6 Å². The van der Waals surface area contributed by atoms with E-state index in [2.05, 4.69) is 35.8 Å². The van der Waals surface area contributed by atoms with E-state index in [1.807, 2.05) is 37.3 Å². The van der Waals surface area contributed by atoms with Gasteiger partial charge in [0.05, 0.1) is 6.61 Å². The third-order valence-electron chi connectivity index (χ3n) is 5.96. The van der Waals surface area contributed by atoms with Crippen molar-refractivity contribution in [2.45, 2.75) is 33.2 Å². The third kappa shape index (κ3) is 3.31. The van der Waals surface area contributed by atoms with Crippen LogP contribution in [-0.2, 0) is 16.1 Å². The molecule has 0 radical (unpaired) electrons. The number of hydrogen-bond acceptors (Lipinski definition) is 3. The Hall–Kier alpha value is -3.08. The van der Waals surface area contributed by atoms with Gasteiger partial charge in [0.2, 0.25) is 5.91 Å². The van der Waals surface area contributed by atoms with Crippen LogP contribution in [0, 0.1) is 12.8 Å². The summed E-state index contributed by atoms with van der Waals surface area (Å²) < 4.78 is 7.40. The number of ether oxygens (including phenoxy) is 1. The molecule has 1 aliphatic heterocycles. The maximum Gasteiger partial charge on any atom is 0.416 e. The number of nitrogens with zero attached hydrogens (tertiary/aromatic N) is 2. The van der Waals surface area contributed by atoms with E-state index >= 15 is 0 Å². The molecule has 5 heteroatoms. The molecular formula is C24H26N2O3. The number of rotatable bonds is 4. The topological polar surface area (TPSA) is 51.5 Å². The lowest BCUT2D eigenvalue weighted by atomic mass is 9.88. The zero-order valence-electron chi connectivity index (χ0n) is 17.1. The maximum absolute atomic E-state index is 12.8. The van der Waals surface area contributed by atoms with E-state index in [0.29, 0.717) is 6.54 Å². The van der Waals surface area contributed by atoms with E-state index < -0.39 is 6.09 Å². The quantitative estimate of drug-likeness (QED) is 0.648. The van der Waals surface area contributed by atoms with E-state index in [-0.39, 0.29) is 24.3 Å². The Morgan fingerprint density at radius 3 is 2.52 bits per heavy atom. The van der Waals surface area contributed by atoms with Gasteiger partial charge in [0, 0.05) is 41.5 Å². The monoisotopic (exact) mass is 390 g/mol. The highest BCUT2D eigenvalue weighted by Gasteiger charge is 2.43. The van der Waals surface area contributed by atoms with E-state index in [1.54, 1.807) is 6.92 Å². The van der Waals surface area contributed by atoms with Gasteiger partial charge in [0.25, 0.3) is 0 Å². The van der Waals surface area contributed by atoms with Crippen molar-refractivity contribution >= 4 is 22.9 Å². The zero-order valence-corrected chi connectivity index (χ0v) is 17.1. The molecule has 2 heterocycles. The second-order valence-corrected chi connectivity index (χ2v) is 7.63. The lowest BCUT2D eigenvalue weighted by Gasteiger charge is -2.15. The average molecular weight is 390 g/mol. The summed E-state index contributed by atoms with van der Waals surface area (Å²) in [4.78, 5) is 26.3. The number of carbonyl (C=O) groups is 2. The van der Waals surface area contributed by atoms with Gasteiger partial charge in [-0.3, -0.25) is 4.79 Å². The summed E-state index contributed by atoms with van der Waals surface area (Å²) in [7, 11) is 0. The van der Waals surface area contributed by atoms with Crippen LogP contribution in [0.5, 0.6) is 0 Å². The standard InChI is InChI=1S/C24H26N2O3/c1-4-29-24(28)26-15-20(16(2)23(26)27)22-17(3)25(14-18-10-6-5-7-11-18)21-13-9-8-12-19(21)22/h5-13,16,20H,4,14-15H2,1-3H3. The summed E-state index contributed by atoms with van der Waals surface area (Å²) in [6, 6.07) is 18.7. The van der Waals surface area contributed by atoms with Crippen molar-refractivity contribution in [3.05, 3.63) is 71.4 Å². The number of aromatic nitrogens is 1. The molecule has 2 aromatic carbocycles. The molecule has 2 atom stereocenters. The molecule has 1 saturated heterocycles. The molecule has 0 bridgehead atoms. The second-order valence-electron chi connectivity index (χ2n) is 7.63. The fraction of sp³-hybridized carbons (Fsp3) is 0.333. The second kappa shape index (κ2) is 7.74. The fourth-order valence-electron chi connectivity index (χ4n) is 4.47. The summed E-state index contributed by atoms with van der Waals surface area (Å²) >= 11 is 0. The predicted octanol–water partition coefficient (Wildman–Crippen LogP) is 4.72. The van der Waals surface area contributed by atoms with Gasteiger partial charge in [-0.15, -0.1) is 0 Å². The van der Waals surface area contributed by atoms with E-state index in [4.69, 9.17) is 4.74 Å². The Bertz CT molecular complexity index is 1050. The van der Waals surface area contributed by atoms with Crippen LogP contribution in [0.4, 0.5) is 4.79 Å². The minimum atomic E-state index is -0.544. The molecule has 29 heavy (non-hydrogen) atoms. The average Bonchev–Trinajstić information content (AvgIpc) is 3.17. The Labute approximate surface area is 170 Å². The molecular weight excluding hydrogens is 364 g/mol. The van der Waals surface area contributed by atoms with Gasteiger partial charge in [-0.2, -0.15) is 0 Å². The summed E-state index contributed by atoms with van der Waals surface area (Å²) in [6.07, 6.45) is -0.544. The molecule has 1 aliphatic rings. The lowest BCUT2D eigenvalue weighted by molar-refractivity contribution is -0.129. The molecule has 1 aromatic heterocycles. The molecule has 3 aromatic rings. The molecule has 1 fully saturated rings. The SMILES string of the molecule is CCOC(=O)N1CC(c2c(C)n(Cc3ccccc3)c3ccccc23)C(C)C1=O. The lowest BCUT2D eigenvalue weighted by Crippen LogP contribution is -2.33. The zero-order chi connectivity index (χ0) is 20.5. The van der Waals surface area contributed by atoms with Crippen molar-refractivity contribution in [3.8, 4) is 0 Å². The normalized spacial score (nSPS) is 19.1. The van der Waals surface area contributed by atoms with Gasteiger partial charge < -0.3 is 9.30 Å². The number of benzene rings is 2. The number of para-hydroxylation sites is 1. The first-order valence-corrected chi connectivity index (χ1v) is 10.1. The Kier molecular flexibility index (Phi) is 5.14. The fourth-order valence-corrected chi connectivity index (χ4v) is 4.47. The number of fused-ring (bicyclic) bond motifs is 1. The van der Waals surface area contributed by atoms with Crippen LogP contribution in [-0.4, -0.2) is 34.6 Å². The first-order valence-electron chi connectivity index (χ1n) is 10.1. The van der Waals surface area contributed by atoms with Crippen LogP contribution in [0.2, 0.25) is 0 Å².